The van der Waals surface area contributed by atoms with Crippen molar-refractivity contribution in [3.63, 3.8) is 0 Å². The molecule has 0 bridgehead atoms. The van der Waals surface area contributed by atoms with Crippen molar-refractivity contribution in [3.05, 3.63) is 48.2 Å². The highest BCUT2D eigenvalue weighted by Crippen LogP contribution is 2.35. The van der Waals surface area contributed by atoms with Crippen molar-refractivity contribution in [2.75, 3.05) is 13.1 Å². The summed E-state index contributed by atoms with van der Waals surface area (Å²) in [5.74, 6) is 1.63. The van der Waals surface area contributed by atoms with Crippen LogP contribution in [0.4, 0.5) is 0 Å². The third kappa shape index (κ3) is 4.56. The molecule has 1 aliphatic rings. The lowest BCUT2D eigenvalue weighted by Crippen LogP contribution is -2.35. The standard InChI is InChI=1S/C24H32N4O4S/c1-5-27(6-2)33(30,31)19-11-12-21-20(16-19)25-23(26(21)4)13-14-24(29)28(18-9-10-18)17(3)22-8-7-15-32-22/h7-8,11-12,15-18H,5-6,9-10,13-14H2,1-4H3. The van der Waals surface area contributed by atoms with Crippen molar-refractivity contribution in [2.24, 2.45) is 7.05 Å². The van der Waals surface area contributed by atoms with Gasteiger partial charge in [-0.05, 0) is 50.1 Å². The molecule has 1 unspecified atom stereocenters. The van der Waals surface area contributed by atoms with E-state index in [1.165, 1.54) is 4.31 Å². The Bertz CT molecular complexity index is 1220. The lowest BCUT2D eigenvalue weighted by Gasteiger charge is -2.28. The van der Waals surface area contributed by atoms with Crippen molar-refractivity contribution >= 4 is 27.0 Å². The van der Waals surface area contributed by atoms with Crippen LogP contribution in [0.5, 0.6) is 0 Å². The average Bonchev–Trinajstić information content (AvgIpc) is 3.36. The number of rotatable bonds is 10. The van der Waals surface area contributed by atoms with Crippen LogP contribution in [0.25, 0.3) is 11.0 Å². The number of carbonyl (C=O) groups is 1. The zero-order chi connectivity index (χ0) is 23.8. The van der Waals surface area contributed by atoms with Gasteiger partial charge in [-0.2, -0.15) is 4.31 Å². The summed E-state index contributed by atoms with van der Waals surface area (Å²) >= 11 is 0. The van der Waals surface area contributed by atoms with Gasteiger partial charge in [0.05, 0.1) is 28.2 Å². The van der Waals surface area contributed by atoms with Gasteiger partial charge in [0.15, 0.2) is 0 Å². The fourth-order valence-electron chi connectivity index (χ4n) is 4.43. The lowest BCUT2D eigenvalue weighted by molar-refractivity contribution is -0.134. The number of fused-ring (bicyclic) bond motifs is 1. The number of hydrogen-bond acceptors (Lipinski definition) is 5. The van der Waals surface area contributed by atoms with Crippen LogP contribution >= 0.6 is 0 Å². The fraction of sp³-hybridized carbons (Fsp3) is 0.500. The minimum Gasteiger partial charge on any atom is -0.467 e. The first-order chi connectivity index (χ1) is 15.8. The number of furan rings is 1. The molecule has 2 heterocycles. The Morgan fingerprint density at radius 3 is 2.58 bits per heavy atom. The normalized spacial score (nSPS) is 15.3. The maximum absolute atomic E-state index is 13.2. The van der Waals surface area contributed by atoms with E-state index in [0.29, 0.717) is 31.4 Å². The summed E-state index contributed by atoms with van der Waals surface area (Å²) in [7, 11) is -1.65. The molecule has 8 nitrogen and oxygen atoms in total. The van der Waals surface area contributed by atoms with Crippen LogP contribution in [-0.4, -0.2) is 52.2 Å². The highest BCUT2D eigenvalue weighted by atomic mass is 32.2. The second kappa shape index (κ2) is 9.30. The number of benzene rings is 1. The largest absolute Gasteiger partial charge is 0.467 e. The minimum atomic E-state index is -3.55. The van der Waals surface area contributed by atoms with Crippen molar-refractivity contribution in [1.82, 2.24) is 18.8 Å². The van der Waals surface area contributed by atoms with Crippen molar-refractivity contribution in [3.8, 4) is 0 Å². The molecule has 1 atom stereocenters. The van der Waals surface area contributed by atoms with Gasteiger partial charge in [0.25, 0.3) is 0 Å². The van der Waals surface area contributed by atoms with E-state index in [4.69, 9.17) is 4.42 Å². The van der Waals surface area contributed by atoms with Crippen LogP contribution in [-0.2, 0) is 28.3 Å². The number of aromatic nitrogens is 2. The maximum atomic E-state index is 13.2. The molecule has 33 heavy (non-hydrogen) atoms. The van der Waals surface area contributed by atoms with Crippen LogP contribution < -0.4 is 0 Å². The minimum absolute atomic E-state index is 0.0817. The van der Waals surface area contributed by atoms with Crippen molar-refractivity contribution in [2.45, 2.75) is 63.4 Å². The van der Waals surface area contributed by atoms with E-state index in [1.807, 2.05) is 49.4 Å². The molecular formula is C24H32N4O4S. The molecule has 1 aliphatic carbocycles. The van der Waals surface area contributed by atoms with E-state index in [9.17, 15) is 13.2 Å². The van der Waals surface area contributed by atoms with E-state index in [2.05, 4.69) is 4.98 Å². The number of hydrogen-bond donors (Lipinski definition) is 0. The number of imidazole rings is 1. The van der Waals surface area contributed by atoms with Gasteiger partial charge in [-0.15, -0.1) is 0 Å². The Morgan fingerprint density at radius 2 is 1.97 bits per heavy atom. The van der Waals surface area contributed by atoms with E-state index in [1.54, 1.807) is 24.5 Å². The first-order valence-electron chi connectivity index (χ1n) is 11.6. The fourth-order valence-corrected chi connectivity index (χ4v) is 5.91. The number of sulfonamides is 1. The van der Waals surface area contributed by atoms with Crippen LogP contribution in [0.15, 0.2) is 45.9 Å². The third-order valence-corrected chi connectivity index (χ3v) is 8.50. The van der Waals surface area contributed by atoms with Gasteiger partial charge >= 0.3 is 0 Å². The van der Waals surface area contributed by atoms with Gasteiger partial charge in [-0.3, -0.25) is 4.79 Å². The molecule has 0 saturated heterocycles. The monoisotopic (exact) mass is 472 g/mol. The van der Waals surface area contributed by atoms with Gasteiger partial charge in [0, 0.05) is 39.0 Å². The smallest absolute Gasteiger partial charge is 0.243 e. The molecule has 0 radical (unpaired) electrons. The molecule has 0 N–H and O–H groups in total. The molecule has 0 spiro atoms. The van der Waals surface area contributed by atoms with Crippen LogP contribution in [0.2, 0.25) is 0 Å². The molecular weight excluding hydrogens is 440 g/mol. The Kier molecular flexibility index (Phi) is 6.63. The summed E-state index contributed by atoms with van der Waals surface area (Å²) in [4.78, 5) is 20.0. The highest BCUT2D eigenvalue weighted by Gasteiger charge is 2.37. The molecule has 2 aromatic heterocycles. The quantitative estimate of drug-likeness (QED) is 0.447. The number of carbonyl (C=O) groups excluding carboxylic acids is 1. The second-order valence-electron chi connectivity index (χ2n) is 8.55. The average molecular weight is 473 g/mol. The number of amides is 1. The third-order valence-electron chi connectivity index (χ3n) is 6.45. The Labute approximate surface area is 195 Å². The molecule has 1 aromatic carbocycles. The Balaban J connectivity index is 1.53. The topological polar surface area (TPSA) is 88.7 Å². The predicted octanol–water partition coefficient (Wildman–Crippen LogP) is 3.88. The zero-order valence-corrected chi connectivity index (χ0v) is 20.5. The van der Waals surface area contributed by atoms with Gasteiger partial charge in [-0.25, -0.2) is 13.4 Å². The molecule has 0 aliphatic heterocycles. The van der Waals surface area contributed by atoms with E-state index in [0.717, 1.165) is 29.9 Å². The lowest BCUT2D eigenvalue weighted by atomic mass is 10.1. The molecule has 3 aromatic rings. The van der Waals surface area contributed by atoms with E-state index < -0.39 is 10.0 Å². The summed E-state index contributed by atoms with van der Waals surface area (Å²) in [6, 6.07) is 8.97. The van der Waals surface area contributed by atoms with E-state index >= 15 is 0 Å². The van der Waals surface area contributed by atoms with Gasteiger partial charge < -0.3 is 13.9 Å². The first kappa shape index (κ1) is 23.5. The van der Waals surface area contributed by atoms with Crippen molar-refractivity contribution < 1.29 is 17.6 Å². The summed E-state index contributed by atoms with van der Waals surface area (Å²) in [6.45, 7) is 6.49. The Morgan fingerprint density at radius 1 is 1.24 bits per heavy atom. The summed E-state index contributed by atoms with van der Waals surface area (Å²) in [5, 5.41) is 0. The van der Waals surface area contributed by atoms with Crippen LogP contribution in [0, 0.1) is 0 Å². The summed E-state index contributed by atoms with van der Waals surface area (Å²) in [5.41, 5.74) is 1.47. The summed E-state index contributed by atoms with van der Waals surface area (Å²) in [6.07, 6.45) is 4.49. The molecule has 1 amide bonds. The number of aryl methyl sites for hydroxylation is 2. The molecule has 1 fully saturated rings. The number of nitrogens with zero attached hydrogens (tertiary/aromatic N) is 4. The predicted molar refractivity (Wildman–Crippen MR) is 126 cm³/mol. The maximum Gasteiger partial charge on any atom is 0.243 e. The van der Waals surface area contributed by atoms with Crippen molar-refractivity contribution in [1.29, 1.82) is 0 Å². The first-order valence-corrected chi connectivity index (χ1v) is 13.0. The van der Waals surface area contributed by atoms with Gasteiger partial charge in [-0.1, -0.05) is 13.8 Å². The van der Waals surface area contributed by atoms with Gasteiger partial charge in [0.1, 0.15) is 11.6 Å². The Hall–Kier alpha value is -2.65. The summed E-state index contributed by atoms with van der Waals surface area (Å²) < 4.78 is 34.7. The highest BCUT2D eigenvalue weighted by molar-refractivity contribution is 7.89. The van der Waals surface area contributed by atoms with Crippen LogP contribution in [0.1, 0.15) is 57.7 Å². The molecule has 1 saturated carbocycles. The van der Waals surface area contributed by atoms with Crippen LogP contribution in [0.3, 0.4) is 0 Å². The second-order valence-corrected chi connectivity index (χ2v) is 10.5. The van der Waals surface area contributed by atoms with Gasteiger partial charge in [0.2, 0.25) is 15.9 Å². The molecule has 178 valence electrons. The molecule has 4 rings (SSSR count). The SMILES string of the molecule is CCN(CC)S(=O)(=O)c1ccc2c(c1)nc(CCC(=O)N(C1CC1)C(C)c1ccco1)n2C. The molecule has 9 heteroatoms. The zero-order valence-electron chi connectivity index (χ0n) is 19.7. The van der Waals surface area contributed by atoms with E-state index in [-0.39, 0.29) is 22.9 Å².